The summed E-state index contributed by atoms with van der Waals surface area (Å²) in [5, 5.41) is 2.41. The van der Waals surface area contributed by atoms with Crippen molar-refractivity contribution in [2.45, 2.75) is 26.6 Å². The predicted molar refractivity (Wildman–Crippen MR) is 75.5 cm³/mol. The molecule has 118 valence electrons. The minimum atomic E-state index is -4.51. The number of alkyl halides is 3. The molecule has 1 aromatic heterocycles. The fraction of sp³-hybridized carbons (Fsp3) is 0.267. The van der Waals surface area contributed by atoms with Crippen molar-refractivity contribution in [1.82, 2.24) is 0 Å². The first kappa shape index (κ1) is 16.1. The zero-order valence-electron chi connectivity index (χ0n) is 12.0. The van der Waals surface area contributed by atoms with Crippen LogP contribution in [0.5, 0.6) is 0 Å². The molecule has 0 aliphatic heterocycles. The van der Waals surface area contributed by atoms with E-state index in [1.54, 1.807) is 19.9 Å². The highest BCUT2D eigenvalue weighted by atomic mass is 19.4. The Kier molecular flexibility index (Phi) is 4.27. The van der Waals surface area contributed by atoms with Gasteiger partial charge < -0.3 is 15.5 Å². The van der Waals surface area contributed by atoms with Crippen molar-refractivity contribution >= 4 is 11.6 Å². The van der Waals surface area contributed by atoms with Gasteiger partial charge in [-0.3, -0.25) is 4.79 Å². The Labute approximate surface area is 125 Å². The lowest BCUT2D eigenvalue weighted by Gasteiger charge is -2.12. The second kappa shape index (κ2) is 5.84. The SMILES string of the molecule is Cc1cc(C)c(C(=O)Nc2cc(CN)cc(C(F)(F)F)c2)o1. The van der Waals surface area contributed by atoms with E-state index in [1.807, 2.05) is 0 Å². The second-order valence-corrected chi connectivity index (χ2v) is 4.94. The van der Waals surface area contributed by atoms with Crippen LogP contribution in [0, 0.1) is 13.8 Å². The van der Waals surface area contributed by atoms with Gasteiger partial charge in [-0.15, -0.1) is 0 Å². The third-order valence-corrected chi connectivity index (χ3v) is 3.06. The molecule has 0 saturated heterocycles. The molecular formula is C15H15F3N2O2. The maximum absolute atomic E-state index is 12.8. The lowest BCUT2D eigenvalue weighted by molar-refractivity contribution is -0.137. The molecule has 0 fully saturated rings. The van der Waals surface area contributed by atoms with Crippen LogP contribution in [0.1, 0.15) is 33.0 Å². The van der Waals surface area contributed by atoms with E-state index in [-0.39, 0.29) is 23.6 Å². The lowest BCUT2D eigenvalue weighted by Crippen LogP contribution is -2.14. The van der Waals surface area contributed by atoms with Gasteiger partial charge in [0.2, 0.25) is 0 Å². The maximum atomic E-state index is 12.8. The molecule has 1 heterocycles. The van der Waals surface area contributed by atoms with Gasteiger partial charge >= 0.3 is 6.18 Å². The van der Waals surface area contributed by atoms with E-state index in [9.17, 15) is 18.0 Å². The molecule has 0 atom stereocenters. The van der Waals surface area contributed by atoms with Crippen LogP contribution in [0.15, 0.2) is 28.7 Å². The van der Waals surface area contributed by atoms with Crippen LogP contribution in [-0.2, 0) is 12.7 Å². The molecule has 0 radical (unpaired) electrons. The highest BCUT2D eigenvalue weighted by Crippen LogP contribution is 2.32. The number of amides is 1. The Morgan fingerprint density at radius 1 is 1.23 bits per heavy atom. The van der Waals surface area contributed by atoms with Gasteiger partial charge in [-0.2, -0.15) is 13.2 Å². The van der Waals surface area contributed by atoms with Crippen LogP contribution >= 0.6 is 0 Å². The first-order chi connectivity index (χ1) is 10.2. The van der Waals surface area contributed by atoms with Crippen molar-refractivity contribution in [1.29, 1.82) is 0 Å². The van der Waals surface area contributed by atoms with Crippen LogP contribution < -0.4 is 11.1 Å². The van der Waals surface area contributed by atoms with Gasteiger partial charge in [0.1, 0.15) is 5.76 Å². The quantitative estimate of drug-likeness (QED) is 0.909. The number of hydrogen-bond donors (Lipinski definition) is 2. The Balaban J connectivity index is 2.33. The molecule has 0 spiro atoms. The number of rotatable bonds is 3. The van der Waals surface area contributed by atoms with Crippen LogP contribution in [-0.4, -0.2) is 5.91 Å². The van der Waals surface area contributed by atoms with Gasteiger partial charge in [-0.25, -0.2) is 0 Å². The Hall–Kier alpha value is -2.28. The van der Waals surface area contributed by atoms with Gasteiger partial charge in [-0.05, 0) is 43.7 Å². The molecule has 1 aromatic carbocycles. The number of aryl methyl sites for hydroxylation is 2. The van der Waals surface area contributed by atoms with E-state index in [0.717, 1.165) is 12.1 Å². The van der Waals surface area contributed by atoms with Crippen LogP contribution in [0.4, 0.5) is 18.9 Å². The summed E-state index contributed by atoms with van der Waals surface area (Å²) < 4.78 is 43.8. The Morgan fingerprint density at radius 3 is 2.41 bits per heavy atom. The number of carbonyl (C=O) groups excluding carboxylic acids is 1. The summed E-state index contributed by atoms with van der Waals surface area (Å²) in [4.78, 5) is 12.1. The monoisotopic (exact) mass is 312 g/mol. The van der Waals surface area contributed by atoms with E-state index in [2.05, 4.69) is 5.32 Å². The van der Waals surface area contributed by atoms with E-state index in [1.165, 1.54) is 6.07 Å². The van der Waals surface area contributed by atoms with Crippen molar-refractivity contribution in [3.8, 4) is 0 Å². The molecule has 0 bridgehead atoms. The Bertz CT molecular complexity index is 705. The summed E-state index contributed by atoms with van der Waals surface area (Å²) in [5.74, 6) is 0.0199. The van der Waals surface area contributed by atoms with Crippen molar-refractivity contribution in [2.75, 3.05) is 5.32 Å². The predicted octanol–water partition coefficient (Wildman–Crippen LogP) is 3.63. The van der Waals surface area contributed by atoms with Crippen LogP contribution in [0.2, 0.25) is 0 Å². The third-order valence-electron chi connectivity index (χ3n) is 3.06. The lowest BCUT2D eigenvalue weighted by atomic mass is 10.1. The molecule has 4 nitrogen and oxygen atoms in total. The molecular weight excluding hydrogens is 297 g/mol. The number of furan rings is 1. The minimum Gasteiger partial charge on any atom is -0.456 e. The molecule has 1 amide bonds. The Morgan fingerprint density at radius 2 is 1.91 bits per heavy atom. The van der Waals surface area contributed by atoms with Crippen LogP contribution in [0.25, 0.3) is 0 Å². The number of benzene rings is 1. The molecule has 0 saturated carbocycles. The zero-order valence-corrected chi connectivity index (χ0v) is 12.0. The van der Waals surface area contributed by atoms with Gasteiger partial charge in [0, 0.05) is 17.8 Å². The highest BCUT2D eigenvalue weighted by Gasteiger charge is 2.31. The molecule has 0 aliphatic rings. The fourth-order valence-electron chi connectivity index (χ4n) is 2.10. The molecule has 0 unspecified atom stereocenters. The van der Waals surface area contributed by atoms with E-state index in [4.69, 9.17) is 10.2 Å². The molecule has 3 N–H and O–H groups in total. The fourth-order valence-corrected chi connectivity index (χ4v) is 2.10. The molecule has 2 aromatic rings. The molecule has 7 heteroatoms. The standard InChI is InChI=1S/C15H15F3N2O2/c1-8-3-9(2)22-13(8)14(21)20-12-5-10(7-19)4-11(6-12)15(16,17)18/h3-6H,7,19H2,1-2H3,(H,20,21). The zero-order chi connectivity index (χ0) is 16.5. The van der Waals surface area contributed by atoms with Crippen molar-refractivity contribution in [3.63, 3.8) is 0 Å². The molecule has 0 aliphatic carbocycles. The van der Waals surface area contributed by atoms with Gasteiger partial charge in [0.05, 0.1) is 5.56 Å². The second-order valence-electron chi connectivity index (χ2n) is 4.94. The summed E-state index contributed by atoms with van der Waals surface area (Å²) >= 11 is 0. The third kappa shape index (κ3) is 3.48. The number of nitrogens with two attached hydrogens (primary N) is 1. The van der Waals surface area contributed by atoms with E-state index >= 15 is 0 Å². The van der Waals surface area contributed by atoms with Crippen molar-refractivity contribution in [2.24, 2.45) is 5.73 Å². The summed E-state index contributed by atoms with van der Waals surface area (Å²) in [7, 11) is 0. The minimum absolute atomic E-state index is 0.0220. The van der Waals surface area contributed by atoms with E-state index in [0.29, 0.717) is 11.3 Å². The maximum Gasteiger partial charge on any atom is 0.416 e. The van der Waals surface area contributed by atoms with Gasteiger partial charge in [0.25, 0.3) is 5.91 Å². The topological polar surface area (TPSA) is 68.3 Å². The van der Waals surface area contributed by atoms with Crippen LogP contribution in [0.3, 0.4) is 0 Å². The highest BCUT2D eigenvalue weighted by molar-refractivity contribution is 6.03. The average molecular weight is 312 g/mol. The summed E-state index contributed by atoms with van der Waals surface area (Å²) in [6.45, 7) is 3.30. The summed E-state index contributed by atoms with van der Waals surface area (Å²) in [6.07, 6.45) is -4.51. The number of carbonyl (C=O) groups is 1. The normalized spacial score (nSPS) is 11.5. The van der Waals surface area contributed by atoms with Gasteiger partial charge in [0.15, 0.2) is 5.76 Å². The number of hydrogen-bond acceptors (Lipinski definition) is 3. The van der Waals surface area contributed by atoms with Crippen molar-refractivity contribution < 1.29 is 22.4 Å². The first-order valence-electron chi connectivity index (χ1n) is 6.50. The first-order valence-corrected chi connectivity index (χ1v) is 6.50. The molecule has 2 rings (SSSR count). The van der Waals surface area contributed by atoms with E-state index < -0.39 is 17.6 Å². The number of nitrogens with one attached hydrogen (secondary N) is 1. The van der Waals surface area contributed by atoms with Crippen molar-refractivity contribution in [3.05, 3.63) is 52.5 Å². The number of halogens is 3. The summed E-state index contributed by atoms with van der Waals surface area (Å²) in [6, 6.07) is 4.89. The van der Waals surface area contributed by atoms with Gasteiger partial charge in [-0.1, -0.05) is 0 Å². The number of anilines is 1. The summed E-state index contributed by atoms with van der Waals surface area (Å²) in [5.41, 5.74) is 5.45. The molecule has 22 heavy (non-hydrogen) atoms. The average Bonchev–Trinajstić information content (AvgIpc) is 2.76. The smallest absolute Gasteiger partial charge is 0.416 e. The largest absolute Gasteiger partial charge is 0.456 e.